The lowest BCUT2D eigenvalue weighted by atomic mass is 9.98. The van der Waals surface area contributed by atoms with Crippen molar-refractivity contribution in [2.45, 2.75) is 6.92 Å². The third-order valence-corrected chi connectivity index (χ3v) is 3.03. The first-order valence-electron chi connectivity index (χ1n) is 5.92. The van der Waals surface area contributed by atoms with Gasteiger partial charge in [-0.25, -0.2) is 0 Å². The van der Waals surface area contributed by atoms with Gasteiger partial charge in [0.15, 0.2) is 0 Å². The molecular weight excluding hydrogens is 238 g/mol. The Morgan fingerprint density at radius 2 is 1.58 bits per heavy atom. The highest BCUT2D eigenvalue weighted by Crippen LogP contribution is 2.32. The number of methoxy groups -OCH3 is 2. The number of nitrogens with zero attached hydrogens (tertiary/aromatic N) is 1. The fourth-order valence-electron chi connectivity index (χ4n) is 1.97. The van der Waals surface area contributed by atoms with Crippen LogP contribution >= 0.6 is 0 Å². The normalized spacial score (nSPS) is 9.79. The van der Waals surface area contributed by atoms with Gasteiger partial charge in [0.2, 0.25) is 0 Å². The molecule has 0 atom stereocenters. The summed E-state index contributed by atoms with van der Waals surface area (Å²) in [5.41, 5.74) is 3.73. The van der Waals surface area contributed by atoms with E-state index in [-0.39, 0.29) is 0 Å². The minimum absolute atomic E-state index is 0.641. The van der Waals surface area contributed by atoms with Gasteiger partial charge in [0.25, 0.3) is 0 Å². The summed E-state index contributed by atoms with van der Waals surface area (Å²) in [6.07, 6.45) is 0. The Balaban J connectivity index is 2.61. The van der Waals surface area contributed by atoms with E-state index in [2.05, 4.69) is 6.07 Å². The summed E-state index contributed by atoms with van der Waals surface area (Å²) in [5, 5.41) is 9.00. The number of ether oxygens (including phenoxy) is 2. The van der Waals surface area contributed by atoms with E-state index in [1.54, 1.807) is 14.2 Å². The fraction of sp³-hybridized carbons (Fsp3) is 0.188. The van der Waals surface area contributed by atoms with Gasteiger partial charge in [-0.1, -0.05) is 6.07 Å². The van der Waals surface area contributed by atoms with Crippen LogP contribution in [0.2, 0.25) is 0 Å². The summed E-state index contributed by atoms with van der Waals surface area (Å²) in [5.74, 6) is 1.47. The Bertz CT molecular complexity index is 619. The lowest BCUT2D eigenvalue weighted by molar-refractivity contribution is 0.394. The molecule has 0 aliphatic carbocycles. The monoisotopic (exact) mass is 253 g/mol. The molecule has 0 saturated heterocycles. The van der Waals surface area contributed by atoms with Crippen molar-refractivity contribution in [1.29, 1.82) is 5.26 Å². The number of benzene rings is 2. The van der Waals surface area contributed by atoms with E-state index in [0.717, 1.165) is 28.2 Å². The van der Waals surface area contributed by atoms with Crippen molar-refractivity contribution in [3.63, 3.8) is 0 Å². The zero-order chi connectivity index (χ0) is 13.8. The third-order valence-electron chi connectivity index (χ3n) is 3.03. The van der Waals surface area contributed by atoms with Gasteiger partial charge in [0, 0.05) is 6.07 Å². The average molecular weight is 253 g/mol. The highest BCUT2D eigenvalue weighted by atomic mass is 16.5. The number of nitriles is 1. The average Bonchev–Trinajstić information content (AvgIpc) is 2.47. The smallest absolute Gasteiger partial charge is 0.123 e. The van der Waals surface area contributed by atoms with Crippen LogP contribution in [0.25, 0.3) is 11.1 Å². The van der Waals surface area contributed by atoms with E-state index in [1.807, 2.05) is 43.3 Å². The summed E-state index contributed by atoms with van der Waals surface area (Å²) in [4.78, 5) is 0. The highest BCUT2D eigenvalue weighted by molar-refractivity contribution is 5.71. The maximum absolute atomic E-state index is 9.00. The molecule has 0 heterocycles. The largest absolute Gasteiger partial charge is 0.497 e. The minimum atomic E-state index is 0.641. The van der Waals surface area contributed by atoms with Crippen LogP contribution in [-0.2, 0) is 0 Å². The van der Waals surface area contributed by atoms with Crippen LogP contribution in [0, 0.1) is 18.3 Å². The molecule has 2 aromatic carbocycles. The Kier molecular flexibility index (Phi) is 3.72. The molecule has 0 amide bonds. The van der Waals surface area contributed by atoms with Crippen molar-refractivity contribution < 1.29 is 9.47 Å². The molecule has 0 fully saturated rings. The molecule has 3 nitrogen and oxygen atoms in total. The van der Waals surface area contributed by atoms with Gasteiger partial charge < -0.3 is 9.47 Å². The second-order valence-corrected chi connectivity index (χ2v) is 4.24. The van der Waals surface area contributed by atoms with Crippen molar-refractivity contribution in [1.82, 2.24) is 0 Å². The molecule has 0 bridgehead atoms. The van der Waals surface area contributed by atoms with Gasteiger partial charge in [-0.05, 0) is 47.9 Å². The molecule has 0 saturated carbocycles. The molecule has 2 aromatic rings. The first-order valence-corrected chi connectivity index (χ1v) is 5.92. The van der Waals surface area contributed by atoms with E-state index < -0.39 is 0 Å². The molecule has 2 rings (SSSR count). The molecule has 0 aliphatic heterocycles. The van der Waals surface area contributed by atoms with Crippen LogP contribution in [0.4, 0.5) is 0 Å². The predicted molar refractivity (Wildman–Crippen MR) is 74.4 cm³/mol. The van der Waals surface area contributed by atoms with Crippen molar-refractivity contribution >= 4 is 0 Å². The summed E-state index contributed by atoms with van der Waals surface area (Å²) < 4.78 is 10.5. The maximum Gasteiger partial charge on any atom is 0.123 e. The first-order chi connectivity index (χ1) is 9.17. The second-order valence-electron chi connectivity index (χ2n) is 4.24. The van der Waals surface area contributed by atoms with E-state index in [4.69, 9.17) is 14.7 Å². The van der Waals surface area contributed by atoms with Crippen LogP contribution < -0.4 is 9.47 Å². The van der Waals surface area contributed by atoms with Crippen molar-refractivity contribution in [3.8, 4) is 28.7 Å². The quantitative estimate of drug-likeness (QED) is 0.840. The zero-order valence-electron chi connectivity index (χ0n) is 11.2. The van der Waals surface area contributed by atoms with Crippen LogP contribution in [0.5, 0.6) is 11.5 Å². The fourth-order valence-corrected chi connectivity index (χ4v) is 1.97. The Hall–Kier alpha value is -2.47. The Morgan fingerprint density at radius 1 is 0.947 bits per heavy atom. The summed E-state index contributed by atoms with van der Waals surface area (Å²) in [6, 6.07) is 13.5. The SMILES string of the molecule is COc1cc(OC)cc(-c2cc(C#N)ccc2C)c1. The molecule has 0 spiro atoms. The molecular formula is C16H15NO2. The number of aryl methyl sites for hydroxylation is 1. The zero-order valence-corrected chi connectivity index (χ0v) is 11.2. The summed E-state index contributed by atoms with van der Waals surface area (Å²) in [7, 11) is 3.24. The summed E-state index contributed by atoms with van der Waals surface area (Å²) >= 11 is 0. The highest BCUT2D eigenvalue weighted by Gasteiger charge is 2.07. The van der Waals surface area contributed by atoms with Gasteiger partial charge in [-0.3, -0.25) is 0 Å². The summed E-state index contributed by atoms with van der Waals surface area (Å²) in [6.45, 7) is 2.02. The molecule has 0 aliphatic rings. The van der Waals surface area contributed by atoms with Gasteiger partial charge in [0.1, 0.15) is 11.5 Å². The number of rotatable bonds is 3. The van der Waals surface area contributed by atoms with Gasteiger partial charge in [0.05, 0.1) is 25.9 Å². The molecule has 19 heavy (non-hydrogen) atoms. The lowest BCUT2D eigenvalue weighted by Crippen LogP contribution is -1.91. The van der Waals surface area contributed by atoms with Crippen molar-refractivity contribution in [2.75, 3.05) is 14.2 Å². The second kappa shape index (κ2) is 5.45. The van der Waals surface area contributed by atoms with Crippen LogP contribution in [0.3, 0.4) is 0 Å². The molecule has 0 radical (unpaired) electrons. The minimum Gasteiger partial charge on any atom is -0.497 e. The van der Waals surface area contributed by atoms with Crippen molar-refractivity contribution in [3.05, 3.63) is 47.5 Å². The van der Waals surface area contributed by atoms with Gasteiger partial charge in [-0.2, -0.15) is 5.26 Å². The van der Waals surface area contributed by atoms with Crippen LogP contribution in [0.15, 0.2) is 36.4 Å². The van der Waals surface area contributed by atoms with E-state index in [9.17, 15) is 0 Å². The van der Waals surface area contributed by atoms with Crippen molar-refractivity contribution in [2.24, 2.45) is 0 Å². The Labute approximate surface area is 113 Å². The third kappa shape index (κ3) is 2.69. The van der Waals surface area contributed by atoms with Crippen LogP contribution in [0.1, 0.15) is 11.1 Å². The number of hydrogen-bond donors (Lipinski definition) is 0. The molecule has 96 valence electrons. The number of hydrogen-bond acceptors (Lipinski definition) is 3. The standard InChI is InChI=1S/C16H15NO2/c1-11-4-5-12(10-17)6-16(11)13-7-14(18-2)9-15(8-13)19-3/h4-9H,1-3H3. The predicted octanol–water partition coefficient (Wildman–Crippen LogP) is 3.55. The molecule has 0 N–H and O–H groups in total. The van der Waals surface area contributed by atoms with E-state index >= 15 is 0 Å². The Morgan fingerprint density at radius 3 is 2.11 bits per heavy atom. The van der Waals surface area contributed by atoms with E-state index in [1.165, 1.54) is 0 Å². The van der Waals surface area contributed by atoms with Gasteiger partial charge in [-0.15, -0.1) is 0 Å². The van der Waals surface area contributed by atoms with Gasteiger partial charge >= 0.3 is 0 Å². The van der Waals surface area contributed by atoms with Crippen LogP contribution in [-0.4, -0.2) is 14.2 Å². The first kappa shape index (κ1) is 13.0. The molecule has 3 heteroatoms. The maximum atomic E-state index is 9.00. The topological polar surface area (TPSA) is 42.2 Å². The van der Waals surface area contributed by atoms with E-state index in [0.29, 0.717) is 5.56 Å². The molecule has 0 unspecified atom stereocenters. The molecule has 0 aromatic heterocycles. The lowest BCUT2D eigenvalue weighted by Gasteiger charge is -2.11.